The molecule has 0 bridgehead atoms. The summed E-state index contributed by atoms with van der Waals surface area (Å²) in [6.45, 7) is 13.2. The van der Waals surface area contributed by atoms with E-state index in [1.165, 1.54) is 6.04 Å². The van der Waals surface area contributed by atoms with Crippen LogP contribution in [-0.4, -0.2) is 23.0 Å². The van der Waals surface area contributed by atoms with Crippen molar-refractivity contribution in [1.82, 2.24) is 0 Å². The maximum absolute atomic E-state index is 6.11. The van der Waals surface area contributed by atoms with Crippen LogP contribution in [0.25, 0.3) is 0 Å². The fourth-order valence-corrected chi connectivity index (χ4v) is 12.0. The van der Waals surface area contributed by atoms with Crippen molar-refractivity contribution < 1.29 is 4.43 Å². The molecular weight excluding hydrogens is 252 g/mol. The average Bonchev–Trinajstić information content (AvgIpc) is 2.57. The van der Waals surface area contributed by atoms with Gasteiger partial charge in [0.15, 0.2) is 8.32 Å². The summed E-state index contributed by atoms with van der Waals surface area (Å²) in [6, 6.07) is 12.5. The smallest absolute Gasteiger partial charge is 0.189 e. The third-order valence-corrected chi connectivity index (χ3v) is 11.8. The van der Waals surface area contributed by atoms with E-state index < -0.39 is 16.4 Å². The largest absolute Gasteiger partial charge is 0.417 e. The van der Waals surface area contributed by atoms with Gasteiger partial charge in [-0.25, -0.2) is 0 Å². The lowest BCUT2D eigenvalue weighted by Gasteiger charge is -2.33. The topological polar surface area (TPSA) is 9.23 Å². The van der Waals surface area contributed by atoms with Gasteiger partial charge in [-0.1, -0.05) is 61.6 Å². The van der Waals surface area contributed by atoms with Crippen molar-refractivity contribution >= 4 is 21.6 Å². The Morgan fingerprint density at radius 2 is 1.83 bits per heavy atom. The highest BCUT2D eigenvalue weighted by atomic mass is 28.4. The Labute approximate surface area is 114 Å². The molecular formula is C15H26OSi2. The summed E-state index contributed by atoms with van der Waals surface area (Å²) in [5, 5.41) is 1.59. The Balaban J connectivity index is 2.18. The molecule has 1 heterocycles. The Morgan fingerprint density at radius 1 is 1.22 bits per heavy atom. The van der Waals surface area contributed by atoms with E-state index in [1.54, 1.807) is 5.19 Å². The van der Waals surface area contributed by atoms with E-state index in [4.69, 9.17) is 4.43 Å². The van der Waals surface area contributed by atoms with Crippen LogP contribution in [0, 0.1) is 5.92 Å². The molecule has 0 spiro atoms. The van der Waals surface area contributed by atoms with Gasteiger partial charge in [-0.15, -0.1) is 0 Å². The van der Waals surface area contributed by atoms with E-state index in [1.807, 2.05) is 0 Å². The first-order chi connectivity index (χ1) is 8.33. The summed E-state index contributed by atoms with van der Waals surface area (Å²) in [5.41, 5.74) is 0.833. The minimum atomic E-state index is -1.44. The molecule has 1 aromatic rings. The molecule has 3 heteroatoms. The van der Waals surface area contributed by atoms with Gasteiger partial charge >= 0.3 is 0 Å². The number of benzene rings is 1. The minimum absolute atomic E-state index is 0.752. The zero-order chi connectivity index (χ0) is 13.4. The highest BCUT2D eigenvalue weighted by molar-refractivity contribution is 6.91. The number of hydrogen-bond acceptors (Lipinski definition) is 1. The zero-order valence-corrected chi connectivity index (χ0v) is 14.4. The van der Waals surface area contributed by atoms with Gasteiger partial charge in [-0.05, 0) is 24.6 Å². The van der Waals surface area contributed by atoms with E-state index in [0.717, 1.165) is 18.1 Å². The molecule has 100 valence electrons. The summed E-state index contributed by atoms with van der Waals surface area (Å²) in [6.07, 6.45) is 0. The Morgan fingerprint density at radius 3 is 2.33 bits per heavy atom. The lowest BCUT2D eigenvalue weighted by atomic mass is 10.1. The molecule has 0 saturated carbocycles. The van der Waals surface area contributed by atoms with Gasteiger partial charge in [0.05, 0.1) is 8.07 Å². The molecule has 18 heavy (non-hydrogen) atoms. The molecule has 1 nitrogen and oxygen atoms in total. The van der Waals surface area contributed by atoms with Gasteiger partial charge in [-0.2, -0.15) is 0 Å². The summed E-state index contributed by atoms with van der Waals surface area (Å²) in [5.74, 6) is 0.752. The van der Waals surface area contributed by atoms with Crippen molar-refractivity contribution in [2.75, 3.05) is 6.61 Å². The van der Waals surface area contributed by atoms with Crippen LogP contribution in [0.4, 0.5) is 0 Å². The molecule has 0 amide bonds. The predicted molar refractivity (Wildman–Crippen MR) is 84.7 cm³/mol. The molecule has 1 aliphatic rings. The first-order valence-electron chi connectivity index (χ1n) is 7.02. The second-order valence-corrected chi connectivity index (χ2v) is 15.9. The quantitative estimate of drug-likeness (QED) is 0.763. The normalized spacial score (nSPS) is 27.4. The average molecular weight is 279 g/mol. The second-order valence-electron chi connectivity index (χ2n) is 6.95. The van der Waals surface area contributed by atoms with Crippen molar-refractivity contribution in [3.63, 3.8) is 0 Å². The van der Waals surface area contributed by atoms with Crippen molar-refractivity contribution in [2.45, 2.75) is 44.7 Å². The minimum Gasteiger partial charge on any atom is -0.417 e. The van der Waals surface area contributed by atoms with Crippen LogP contribution in [0.15, 0.2) is 30.3 Å². The molecule has 0 aromatic heterocycles. The SMILES string of the molecule is C[C@@H]1CO[Si](C)(C)[C@H]1C[Si](C)(C)c1ccccc1. The fourth-order valence-electron chi connectivity index (χ4n) is 3.26. The van der Waals surface area contributed by atoms with Crippen LogP contribution in [0.3, 0.4) is 0 Å². The predicted octanol–water partition coefficient (Wildman–Crippen LogP) is 3.84. The Hall–Kier alpha value is -0.386. The van der Waals surface area contributed by atoms with E-state index >= 15 is 0 Å². The van der Waals surface area contributed by atoms with Crippen LogP contribution < -0.4 is 5.19 Å². The maximum Gasteiger partial charge on any atom is 0.189 e. The molecule has 1 fully saturated rings. The molecule has 1 aliphatic heterocycles. The summed E-state index contributed by atoms with van der Waals surface area (Å²) in [4.78, 5) is 0. The number of rotatable bonds is 3. The van der Waals surface area contributed by atoms with E-state index in [9.17, 15) is 0 Å². The maximum atomic E-state index is 6.11. The molecule has 1 aromatic carbocycles. The molecule has 2 rings (SSSR count). The molecule has 0 N–H and O–H groups in total. The molecule has 0 unspecified atom stereocenters. The zero-order valence-electron chi connectivity index (χ0n) is 12.4. The van der Waals surface area contributed by atoms with Gasteiger partial charge in [-0.3, -0.25) is 0 Å². The monoisotopic (exact) mass is 278 g/mol. The third-order valence-electron chi connectivity index (χ3n) is 4.58. The van der Waals surface area contributed by atoms with Crippen LogP contribution in [0.5, 0.6) is 0 Å². The standard InChI is InChI=1S/C15H26OSi2/c1-13-11-16-18(4,5)15(13)12-17(2,3)14-9-7-6-8-10-14/h6-10,13,15H,11-12H2,1-5H3/t13-,15+/m1/s1. The summed E-state index contributed by atoms with van der Waals surface area (Å²) >= 11 is 0. The van der Waals surface area contributed by atoms with Gasteiger partial charge in [0.25, 0.3) is 0 Å². The molecule has 0 aliphatic carbocycles. The van der Waals surface area contributed by atoms with Crippen molar-refractivity contribution in [1.29, 1.82) is 0 Å². The first-order valence-corrected chi connectivity index (χ1v) is 13.2. The second kappa shape index (κ2) is 4.95. The van der Waals surface area contributed by atoms with Crippen molar-refractivity contribution in [3.8, 4) is 0 Å². The van der Waals surface area contributed by atoms with Crippen molar-refractivity contribution in [2.24, 2.45) is 5.92 Å². The fraction of sp³-hybridized carbons (Fsp3) is 0.600. The number of hydrogen-bond donors (Lipinski definition) is 0. The van der Waals surface area contributed by atoms with E-state index in [-0.39, 0.29) is 0 Å². The van der Waals surface area contributed by atoms with Gasteiger partial charge < -0.3 is 4.43 Å². The Bertz CT molecular complexity index is 400. The van der Waals surface area contributed by atoms with E-state index in [0.29, 0.717) is 0 Å². The van der Waals surface area contributed by atoms with E-state index in [2.05, 4.69) is 63.4 Å². The van der Waals surface area contributed by atoms with Gasteiger partial charge in [0.1, 0.15) is 0 Å². The van der Waals surface area contributed by atoms with Gasteiger partial charge in [0.2, 0.25) is 0 Å². The lowest BCUT2D eigenvalue weighted by Crippen LogP contribution is -2.45. The third kappa shape index (κ3) is 2.78. The highest BCUT2D eigenvalue weighted by Gasteiger charge is 2.46. The van der Waals surface area contributed by atoms with Crippen LogP contribution >= 0.6 is 0 Å². The molecule has 1 saturated heterocycles. The summed E-state index contributed by atoms with van der Waals surface area (Å²) in [7, 11) is -2.76. The molecule has 0 radical (unpaired) electrons. The highest BCUT2D eigenvalue weighted by Crippen LogP contribution is 2.43. The van der Waals surface area contributed by atoms with Crippen LogP contribution in [0.2, 0.25) is 37.8 Å². The lowest BCUT2D eigenvalue weighted by molar-refractivity contribution is 0.312. The molecule has 2 atom stereocenters. The van der Waals surface area contributed by atoms with Gasteiger partial charge in [0, 0.05) is 6.61 Å². The van der Waals surface area contributed by atoms with Crippen LogP contribution in [0.1, 0.15) is 6.92 Å². The summed E-state index contributed by atoms with van der Waals surface area (Å²) < 4.78 is 6.11. The van der Waals surface area contributed by atoms with Crippen LogP contribution in [-0.2, 0) is 4.43 Å². The Kier molecular flexibility index (Phi) is 3.86. The first kappa shape index (κ1) is 14.0. The van der Waals surface area contributed by atoms with Crippen molar-refractivity contribution in [3.05, 3.63) is 30.3 Å².